The van der Waals surface area contributed by atoms with Crippen molar-refractivity contribution in [1.82, 2.24) is 5.32 Å². The highest BCUT2D eigenvalue weighted by Crippen LogP contribution is 2.37. The number of para-hydroxylation sites is 1. The lowest BCUT2D eigenvalue weighted by Crippen LogP contribution is -2.44. The third kappa shape index (κ3) is 2.85. The van der Waals surface area contributed by atoms with Crippen LogP contribution in [0.4, 0.5) is 0 Å². The minimum absolute atomic E-state index is 0.0336. The van der Waals surface area contributed by atoms with Crippen LogP contribution in [0.5, 0.6) is 0 Å². The fourth-order valence-corrected chi connectivity index (χ4v) is 4.27. The Hall–Kier alpha value is -2.11. The monoisotopic (exact) mass is 341 g/mol. The van der Waals surface area contributed by atoms with Gasteiger partial charge < -0.3 is 14.5 Å². The Balaban J connectivity index is 1.52. The first-order valence-corrected chi connectivity index (χ1v) is 9.03. The Kier molecular flexibility index (Phi) is 4.12. The van der Waals surface area contributed by atoms with Crippen LogP contribution in [0.1, 0.15) is 28.3 Å². The van der Waals surface area contributed by atoms with Gasteiger partial charge >= 0.3 is 0 Å². The van der Waals surface area contributed by atoms with Crippen LogP contribution in [0.15, 0.2) is 52.3 Å². The number of carbonyl (C=O) groups is 1. The number of rotatable bonds is 4. The quantitative estimate of drug-likeness (QED) is 0.781. The zero-order valence-electron chi connectivity index (χ0n) is 13.3. The van der Waals surface area contributed by atoms with Crippen molar-refractivity contribution in [2.75, 3.05) is 19.8 Å². The topological polar surface area (TPSA) is 51.5 Å². The van der Waals surface area contributed by atoms with E-state index in [1.807, 2.05) is 24.3 Å². The standard InChI is InChI=1S/C19H19NO3S/c21-18(16-12-14-4-1-2-5-15(14)23-16)20-13-19(7-9-22-10-8-19)17-6-3-11-24-17/h1-6,11-12H,7-10,13H2,(H,20,21). The Morgan fingerprint density at radius 2 is 2.00 bits per heavy atom. The SMILES string of the molecule is O=C(NCC1(c2cccs2)CCOCC1)c1cc2ccccc2o1. The molecule has 4 rings (SSSR count). The van der Waals surface area contributed by atoms with Gasteiger partial charge in [0.1, 0.15) is 5.58 Å². The molecule has 0 radical (unpaired) electrons. The van der Waals surface area contributed by atoms with Crippen LogP contribution >= 0.6 is 11.3 Å². The molecule has 2 aromatic heterocycles. The summed E-state index contributed by atoms with van der Waals surface area (Å²) in [5, 5.41) is 6.11. The molecule has 1 aliphatic heterocycles. The number of thiophene rings is 1. The molecule has 5 heteroatoms. The number of fused-ring (bicyclic) bond motifs is 1. The summed E-state index contributed by atoms with van der Waals surface area (Å²) >= 11 is 1.75. The fraction of sp³-hybridized carbons (Fsp3) is 0.316. The minimum atomic E-state index is -0.159. The summed E-state index contributed by atoms with van der Waals surface area (Å²) in [6.45, 7) is 2.07. The second kappa shape index (κ2) is 6.42. The van der Waals surface area contributed by atoms with Gasteiger partial charge in [0, 0.05) is 35.4 Å². The molecule has 1 amide bonds. The van der Waals surface area contributed by atoms with Crippen molar-refractivity contribution in [3.8, 4) is 0 Å². The van der Waals surface area contributed by atoms with Gasteiger partial charge in [-0.05, 0) is 36.4 Å². The summed E-state index contributed by atoms with van der Waals surface area (Å²) in [6.07, 6.45) is 1.85. The molecule has 1 N–H and O–H groups in total. The van der Waals surface area contributed by atoms with E-state index >= 15 is 0 Å². The third-order valence-corrected chi connectivity index (χ3v) is 5.85. The first kappa shape index (κ1) is 15.4. The maximum absolute atomic E-state index is 12.5. The molecule has 1 aromatic carbocycles. The van der Waals surface area contributed by atoms with E-state index in [4.69, 9.17) is 9.15 Å². The lowest BCUT2D eigenvalue weighted by molar-refractivity contribution is 0.0496. The van der Waals surface area contributed by atoms with Crippen molar-refractivity contribution in [1.29, 1.82) is 0 Å². The van der Waals surface area contributed by atoms with E-state index < -0.39 is 0 Å². The molecule has 124 valence electrons. The molecule has 1 saturated heterocycles. The normalized spacial score (nSPS) is 17.0. The van der Waals surface area contributed by atoms with Gasteiger partial charge in [0.15, 0.2) is 5.76 Å². The van der Waals surface area contributed by atoms with Gasteiger partial charge in [0.05, 0.1) is 0 Å². The molecule has 0 atom stereocenters. The van der Waals surface area contributed by atoms with E-state index in [0.29, 0.717) is 12.3 Å². The first-order valence-electron chi connectivity index (χ1n) is 8.15. The van der Waals surface area contributed by atoms with Gasteiger partial charge in [-0.2, -0.15) is 0 Å². The third-order valence-electron chi connectivity index (χ3n) is 4.73. The van der Waals surface area contributed by atoms with Gasteiger partial charge in [-0.15, -0.1) is 11.3 Å². The Labute approximate surface area is 144 Å². The van der Waals surface area contributed by atoms with Crippen molar-refractivity contribution in [3.05, 3.63) is 58.5 Å². The average molecular weight is 341 g/mol. The second-order valence-corrected chi connectivity index (χ2v) is 7.15. The summed E-state index contributed by atoms with van der Waals surface area (Å²) in [7, 11) is 0. The summed E-state index contributed by atoms with van der Waals surface area (Å²) in [5.41, 5.74) is 0.704. The zero-order valence-corrected chi connectivity index (χ0v) is 14.1. The molecule has 24 heavy (non-hydrogen) atoms. The largest absolute Gasteiger partial charge is 0.451 e. The molecule has 3 heterocycles. The molecule has 4 nitrogen and oxygen atoms in total. The molecule has 0 saturated carbocycles. The number of hydrogen-bond donors (Lipinski definition) is 1. The summed E-state index contributed by atoms with van der Waals surface area (Å²) in [4.78, 5) is 13.9. The van der Waals surface area contributed by atoms with E-state index in [1.54, 1.807) is 17.4 Å². The highest BCUT2D eigenvalue weighted by Gasteiger charge is 2.36. The number of amides is 1. The van der Waals surface area contributed by atoms with E-state index in [0.717, 1.165) is 37.0 Å². The van der Waals surface area contributed by atoms with E-state index in [-0.39, 0.29) is 11.3 Å². The van der Waals surface area contributed by atoms with Gasteiger partial charge in [0.2, 0.25) is 0 Å². The van der Waals surface area contributed by atoms with Gasteiger partial charge in [-0.25, -0.2) is 0 Å². The van der Waals surface area contributed by atoms with Crippen molar-refractivity contribution in [2.45, 2.75) is 18.3 Å². The fourth-order valence-electron chi connectivity index (χ4n) is 3.28. The van der Waals surface area contributed by atoms with E-state index in [1.165, 1.54) is 4.88 Å². The molecule has 0 unspecified atom stereocenters. The lowest BCUT2D eigenvalue weighted by Gasteiger charge is -2.36. The number of furan rings is 1. The summed E-state index contributed by atoms with van der Waals surface area (Å²) < 4.78 is 11.2. The van der Waals surface area contributed by atoms with Crippen molar-refractivity contribution < 1.29 is 13.9 Å². The predicted octanol–water partition coefficient (Wildman–Crippen LogP) is 3.97. The maximum atomic E-state index is 12.5. The first-order chi connectivity index (χ1) is 11.8. The van der Waals surface area contributed by atoms with Crippen LogP contribution in [-0.4, -0.2) is 25.7 Å². The van der Waals surface area contributed by atoms with E-state index in [9.17, 15) is 4.79 Å². The number of nitrogens with one attached hydrogen (secondary N) is 1. The summed E-state index contributed by atoms with van der Waals surface area (Å²) in [6, 6.07) is 13.7. The predicted molar refractivity (Wildman–Crippen MR) is 94.6 cm³/mol. The van der Waals surface area contributed by atoms with Crippen LogP contribution in [0.25, 0.3) is 11.0 Å². The maximum Gasteiger partial charge on any atom is 0.287 e. The number of ether oxygens (including phenoxy) is 1. The number of hydrogen-bond acceptors (Lipinski definition) is 4. The lowest BCUT2D eigenvalue weighted by atomic mass is 9.78. The van der Waals surface area contributed by atoms with Crippen LogP contribution < -0.4 is 5.32 Å². The molecule has 0 aliphatic carbocycles. The number of benzene rings is 1. The smallest absolute Gasteiger partial charge is 0.287 e. The Morgan fingerprint density at radius 3 is 2.75 bits per heavy atom. The molecule has 1 aliphatic rings. The van der Waals surface area contributed by atoms with Crippen LogP contribution in [0, 0.1) is 0 Å². The molecule has 0 bridgehead atoms. The number of carbonyl (C=O) groups excluding carboxylic acids is 1. The average Bonchev–Trinajstić information content (AvgIpc) is 3.30. The molecule has 3 aromatic rings. The van der Waals surface area contributed by atoms with Crippen LogP contribution in [-0.2, 0) is 10.2 Å². The highest BCUT2D eigenvalue weighted by atomic mass is 32.1. The van der Waals surface area contributed by atoms with Gasteiger partial charge in [-0.3, -0.25) is 4.79 Å². The molecular weight excluding hydrogens is 322 g/mol. The van der Waals surface area contributed by atoms with Crippen molar-refractivity contribution in [3.63, 3.8) is 0 Å². The minimum Gasteiger partial charge on any atom is -0.451 e. The highest BCUT2D eigenvalue weighted by molar-refractivity contribution is 7.10. The Bertz CT molecular complexity index is 798. The molecule has 1 fully saturated rings. The van der Waals surface area contributed by atoms with Gasteiger partial charge in [-0.1, -0.05) is 24.3 Å². The summed E-state index contributed by atoms with van der Waals surface area (Å²) in [5.74, 6) is 0.207. The van der Waals surface area contributed by atoms with Crippen LogP contribution in [0.2, 0.25) is 0 Å². The van der Waals surface area contributed by atoms with E-state index in [2.05, 4.69) is 22.8 Å². The van der Waals surface area contributed by atoms with Crippen molar-refractivity contribution >= 4 is 28.2 Å². The molecule has 0 spiro atoms. The second-order valence-electron chi connectivity index (χ2n) is 6.20. The zero-order chi connectivity index (χ0) is 16.4. The van der Waals surface area contributed by atoms with Crippen LogP contribution in [0.3, 0.4) is 0 Å². The molecular formula is C19H19NO3S. The van der Waals surface area contributed by atoms with Crippen molar-refractivity contribution in [2.24, 2.45) is 0 Å². The Morgan fingerprint density at radius 1 is 1.17 bits per heavy atom. The van der Waals surface area contributed by atoms with Gasteiger partial charge in [0.25, 0.3) is 5.91 Å².